The van der Waals surface area contributed by atoms with Crippen LogP contribution in [0.2, 0.25) is 4.34 Å². The van der Waals surface area contributed by atoms with Crippen molar-refractivity contribution in [2.24, 2.45) is 11.8 Å². The summed E-state index contributed by atoms with van der Waals surface area (Å²) in [5, 5.41) is 0. The molecule has 37 heavy (non-hydrogen) atoms. The van der Waals surface area contributed by atoms with Gasteiger partial charge in [-0.25, -0.2) is 17.5 Å². The lowest BCUT2D eigenvalue weighted by atomic mass is 9.70. The van der Waals surface area contributed by atoms with Crippen molar-refractivity contribution in [3.8, 4) is 11.5 Å². The molecule has 0 radical (unpaired) electrons. The summed E-state index contributed by atoms with van der Waals surface area (Å²) in [6.07, 6.45) is 4.42. The molecule has 3 aliphatic carbocycles. The molecule has 2 aromatic carbocycles. The normalized spacial score (nSPS) is 21.1. The van der Waals surface area contributed by atoms with Crippen LogP contribution < -0.4 is 14.2 Å². The SMILES string of the molecule is O=C(CCOc1ccc(F)cc1)Oc1ccc2c(c1)CC1CCC(C2)C(NS(=O)(=O)c2ccc(Cl)s2)C1. The first-order valence-electron chi connectivity index (χ1n) is 12.2. The number of nitrogens with one attached hydrogen (secondary N) is 1. The summed E-state index contributed by atoms with van der Waals surface area (Å²) in [4.78, 5) is 12.3. The lowest BCUT2D eigenvalue weighted by molar-refractivity contribution is -0.134. The molecule has 1 heterocycles. The number of carbonyl (C=O) groups excluding carboxylic acids is 1. The zero-order valence-corrected chi connectivity index (χ0v) is 22.4. The number of hydrogen-bond donors (Lipinski definition) is 1. The van der Waals surface area contributed by atoms with Crippen molar-refractivity contribution < 1.29 is 27.1 Å². The Balaban J connectivity index is 1.20. The molecule has 1 aromatic heterocycles. The van der Waals surface area contributed by atoms with E-state index in [0.29, 0.717) is 21.8 Å². The van der Waals surface area contributed by atoms with Crippen LogP contribution in [0.25, 0.3) is 0 Å². The highest BCUT2D eigenvalue weighted by Gasteiger charge is 2.36. The second kappa shape index (κ2) is 11.1. The van der Waals surface area contributed by atoms with Gasteiger partial charge in [0.15, 0.2) is 0 Å². The Bertz CT molecular complexity index is 1380. The van der Waals surface area contributed by atoms with Gasteiger partial charge in [0.05, 0.1) is 17.4 Å². The molecule has 196 valence electrons. The molecule has 0 amide bonds. The van der Waals surface area contributed by atoms with Crippen LogP contribution >= 0.6 is 22.9 Å². The highest BCUT2D eigenvalue weighted by Crippen LogP contribution is 2.39. The minimum Gasteiger partial charge on any atom is -0.493 e. The maximum Gasteiger partial charge on any atom is 0.314 e. The van der Waals surface area contributed by atoms with Gasteiger partial charge in [0.2, 0.25) is 10.0 Å². The van der Waals surface area contributed by atoms with Crippen LogP contribution in [0.1, 0.15) is 36.8 Å². The van der Waals surface area contributed by atoms with Crippen molar-refractivity contribution in [3.05, 3.63) is 75.9 Å². The van der Waals surface area contributed by atoms with E-state index in [4.69, 9.17) is 21.1 Å². The summed E-state index contributed by atoms with van der Waals surface area (Å²) in [5.41, 5.74) is 2.31. The van der Waals surface area contributed by atoms with E-state index in [0.717, 1.165) is 54.6 Å². The molecule has 3 unspecified atom stereocenters. The molecule has 0 saturated heterocycles. The van der Waals surface area contributed by atoms with Crippen LogP contribution in [0.15, 0.2) is 58.8 Å². The first kappa shape index (κ1) is 26.2. The molecular formula is C27H27ClFNO5S2. The predicted molar refractivity (Wildman–Crippen MR) is 140 cm³/mol. The van der Waals surface area contributed by atoms with Gasteiger partial charge in [-0.15, -0.1) is 11.3 Å². The molecule has 10 heteroatoms. The minimum atomic E-state index is -3.62. The monoisotopic (exact) mass is 563 g/mol. The maximum atomic E-state index is 13.0. The molecule has 3 aliphatic rings. The molecule has 1 fully saturated rings. The Morgan fingerprint density at radius 1 is 1.03 bits per heavy atom. The molecule has 1 saturated carbocycles. The number of esters is 1. The van der Waals surface area contributed by atoms with Gasteiger partial charge in [-0.3, -0.25) is 4.79 Å². The number of hydrogen-bond acceptors (Lipinski definition) is 6. The van der Waals surface area contributed by atoms with Crippen molar-refractivity contribution in [3.63, 3.8) is 0 Å². The van der Waals surface area contributed by atoms with Gasteiger partial charge in [0.25, 0.3) is 0 Å². The van der Waals surface area contributed by atoms with Crippen LogP contribution in [0, 0.1) is 17.7 Å². The van der Waals surface area contributed by atoms with Gasteiger partial charge >= 0.3 is 5.97 Å². The Hall–Kier alpha value is -2.46. The van der Waals surface area contributed by atoms with Gasteiger partial charge in [-0.2, -0.15) is 0 Å². The van der Waals surface area contributed by atoms with Crippen LogP contribution in [0.3, 0.4) is 0 Å². The van der Waals surface area contributed by atoms with Crippen molar-refractivity contribution >= 4 is 38.9 Å². The molecular weight excluding hydrogens is 537 g/mol. The lowest BCUT2D eigenvalue weighted by Crippen LogP contribution is -2.46. The van der Waals surface area contributed by atoms with Crippen LogP contribution in [-0.2, 0) is 27.7 Å². The van der Waals surface area contributed by atoms with Crippen molar-refractivity contribution in [1.82, 2.24) is 4.72 Å². The quantitative estimate of drug-likeness (QED) is 0.278. The number of fused-ring (bicyclic) bond motifs is 2. The summed E-state index contributed by atoms with van der Waals surface area (Å²) in [5.74, 6) is 0.762. The minimum absolute atomic E-state index is 0.0659. The molecule has 6 rings (SSSR count). The Morgan fingerprint density at radius 3 is 2.57 bits per heavy atom. The predicted octanol–water partition coefficient (Wildman–Crippen LogP) is 5.78. The fourth-order valence-corrected chi connectivity index (χ4v) is 8.02. The smallest absolute Gasteiger partial charge is 0.314 e. The second-order valence-electron chi connectivity index (χ2n) is 9.59. The molecule has 3 atom stereocenters. The average Bonchev–Trinajstić information content (AvgIpc) is 3.29. The zero-order chi connectivity index (χ0) is 26.0. The lowest BCUT2D eigenvalue weighted by Gasteiger charge is -2.39. The van der Waals surface area contributed by atoms with E-state index in [2.05, 4.69) is 4.72 Å². The number of carbonyl (C=O) groups is 1. The summed E-state index contributed by atoms with van der Waals surface area (Å²) in [6.45, 7) is 0.133. The second-order valence-corrected chi connectivity index (χ2v) is 13.2. The van der Waals surface area contributed by atoms with Gasteiger partial charge in [0, 0.05) is 6.04 Å². The Labute approximate surface area is 224 Å². The highest BCUT2D eigenvalue weighted by atomic mass is 35.5. The molecule has 1 N–H and O–H groups in total. The number of rotatable bonds is 8. The third kappa shape index (κ3) is 6.52. The van der Waals surface area contributed by atoms with Crippen LogP contribution in [0.4, 0.5) is 4.39 Å². The Kier molecular flexibility index (Phi) is 7.85. The molecule has 0 aliphatic heterocycles. The molecule has 6 nitrogen and oxygen atoms in total. The molecule has 3 aromatic rings. The highest BCUT2D eigenvalue weighted by molar-refractivity contribution is 7.91. The van der Waals surface area contributed by atoms with Gasteiger partial charge in [0.1, 0.15) is 21.5 Å². The number of ether oxygens (including phenoxy) is 2. The summed E-state index contributed by atoms with van der Waals surface area (Å²) in [7, 11) is -3.62. The first-order valence-corrected chi connectivity index (χ1v) is 14.9. The van der Waals surface area contributed by atoms with E-state index < -0.39 is 16.0 Å². The topological polar surface area (TPSA) is 81.7 Å². The van der Waals surface area contributed by atoms with Crippen molar-refractivity contribution in [2.45, 2.75) is 48.8 Å². The fraction of sp³-hybridized carbons (Fsp3) is 0.370. The van der Waals surface area contributed by atoms with Gasteiger partial charge in [-0.05, 0) is 104 Å². The maximum absolute atomic E-state index is 13.0. The Morgan fingerprint density at radius 2 is 1.81 bits per heavy atom. The largest absolute Gasteiger partial charge is 0.493 e. The average molecular weight is 564 g/mol. The zero-order valence-electron chi connectivity index (χ0n) is 20.0. The number of thiophene rings is 1. The standard InChI is InChI=1S/C27H27ClFNO5S2/c28-25-9-10-27(36-25)37(32,33)30-24-14-17-1-2-19(24)15-18-3-6-23(16-20(18)13-17)35-26(31)11-12-34-22-7-4-21(29)5-8-22/h3-10,16-17,19,24,30H,1-2,11-15H2. The third-order valence-electron chi connectivity index (χ3n) is 7.01. The number of halogens is 2. The van der Waals surface area contributed by atoms with Crippen molar-refractivity contribution in [1.29, 1.82) is 0 Å². The van der Waals surface area contributed by atoms with E-state index in [1.807, 2.05) is 12.1 Å². The van der Waals surface area contributed by atoms with E-state index in [9.17, 15) is 17.6 Å². The van der Waals surface area contributed by atoms with Gasteiger partial charge < -0.3 is 9.47 Å². The van der Waals surface area contributed by atoms with E-state index in [-0.39, 0.29) is 35.0 Å². The van der Waals surface area contributed by atoms with Crippen LogP contribution in [0.5, 0.6) is 11.5 Å². The van der Waals surface area contributed by atoms with E-state index in [1.54, 1.807) is 18.2 Å². The fourth-order valence-electron chi connectivity index (χ4n) is 5.21. The van der Waals surface area contributed by atoms with Crippen LogP contribution in [-0.4, -0.2) is 27.0 Å². The third-order valence-corrected chi connectivity index (χ3v) is 10.2. The first-order chi connectivity index (χ1) is 17.7. The summed E-state index contributed by atoms with van der Waals surface area (Å²) < 4.78 is 53.5. The van der Waals surface area contributed by atoms with Crippen molar-refractivity contribution in [2.75, 3.05) is 6.61 Å². The molecule has 2 bridgehead atoms. The summed E-state index contributed by atoms with van der Waals surface area (Å²) in [6, 6.07) is 14.3. The summed E-state index contributed by atoms with van der Waals surface area (Å²) >= 11 is 7.02. The van der Waals surface area contributed by atoms with E-state index in [1.165, 1.54) is 24.3 Å². The number of benzene rings is 2. The molecule has 0 spiro atoms. The number of sulfonamides is 1. The van der Waals surface area contributed by atoms with E-state index >= 15 is 0 Å². The van der Waals surface area contributed by atoms with Gasteiger partial charge in [-0.1, -0.05) is 17.7 Å².